The number of ether oxygens (including phenoxy) is 3. The molecule has 8 nitrogen and oxygen atoms in total. The van der Waals surface area contributed by atoms with Gasteiger partial charge in [-0.2, -0.15) is 0 Å². The lowest BCUT2D eigenvalue weighted by atomic mass is 9.69. The number of esters is 1. The van der Waals surface area contributed by atoms with E-state index in [-0.39, 0.29) is 30.0 Å². The Hall–Kier alpha value is -2.55. The van der Waals surface area contributed by atoms with Crippen molar-refractivity contribution in [2.45, 2.75) is 49.5 Å². The lowest BCUT2D eigenvalue weighted by Gasteiger charge is -2.37. The number of methoxy groups -OCH3 is 1. The van der Waals surface area contributed by atoms with Crippen LogP contribution in [0.1, 0.15) is 29.7 Å². The summed E-state index contributed by atoms with van der Waals surface area (Å²) in [4.78, 5) is 21.8. The Balaban J connectivity index is 0.00000245. The number of hydrogen-bond acceptors (Lipinski definition) is 7. The standard InChI is InChI=1S/C23H28N4O4.ClH/c1-27-8-7-23-6-5-16(30-22(28)17(24)9-15-11-25-13-26-15)10-19(23)31-21-18(29-2)4-3-14(12-27)20(21)23;/h3-6,11,13,16-17,19H,7-10,12,24H2,1-2H3,(H,25,26);1H/t16-,17-,19-,23-;/m0./s1. The van der Waals surface area contributed by atoms with Crippen molar-refractivity contribution < 1.29 is 19.0 Å². The van der Waals surface area contributed by atoms with Gasteiger partial charge in [-0.3, -0.25) is 4.79 Å². The van der Waals surface area contributed by atoms with Gasteiger partial charge in [0.15, 0.2) is 11.5 Å². The monoisotopic (exact) mass is 460 g/mol. The van der Waals surface area contributed by atoms with Crippen LogP contribution in [0.4, 0.5) is 0 Å². The number of aromatic amines is 1. The third-order valence-corrected chi connectivity index (χ3v) is 6.69. The van der Waals surface area contributed by atoms with Crippen LogP contribution in [0.2, 0.25) is 0 Å². The van der Waals surface area contributed by atoms with Crippen molar-refractivity contribution in [3.63, 3.8) is 0 Å². The van der Waals surface area contributed by atoms with E-state index in [2.05, 4.69) is 34.1 Å². The summed E-state index contributed by atoms with van der Waals surface area (Å²) in [5.41, 5.74) is 9.11. The molecule has 4 atom stereocenters. The maximum atomic E-state index is 12.6. The Morgan fingerprint density at radius 1 is 1.47 bits per heavy atom. The van der Waals surface area contributed by atoms with Crippen LogP contribution in [0.3, 0.4) is 0 Å². The molecule has 32 heavy (non-hydrogen) atoms. The first kappa shape index (κ1) is 22.6. The SMILES string of the molecule is COc1ccc2c3c1O[C@H]1C[C@@H](OC(=O)[C@@H](N)Cc4cnc[nH]4)C=C[C@@]31CCN(C)C2.Cl. The molecule has 0 amide bonds. The quantitative estimate of drug-likeness (QED) is 0.520. The van der Waals surface area contributed by atoms with Gasteiger partial charge >= 0.3 is 5.97 Å². The Morgan fingerprint density at radius 3 is 3.06 bits per heavy atom. The molecule has 3 N–H and O–H groups in total. The molecule has 172 valence electrons. The summed E-state index contributed by atoms with van der Waals surface area (Å²) in [7, 11) is 3.81. The first-order chi connectivity index (χ1) is 15.0. The molecule has 1 spiro atoms. The van der Waals surface area contributed by atoms with E-state index in [0.29, 0.717) is 12.8 Å². The smallest absolute Gasteiger partial charge is 0.323 e. The molecule has 9 heteroatoms. The summed E-state index contributed by atoms with van der Waals surface area (Å²) in [6.45, 7) is 1.83. The average Bonchev–Trinajstić information content (AvgIpc) is 3.35. The van der Waals surface area contributed by atoms with E-state index in [9.17, 15) is 4.79 Å². The van der Waals surface area contributed by atoms with Crippen LogP contribution in [0.25, 0.3) is 0 Å². The van der Waals surface area contributed by atoms with Gasteiger partial charge in [0.1, 0.15) is 18.2 Å². The first-order valence-electron chi connectivity index (χ1n) is 10.7. The van der Waals surface area contributed by atoms with Crippen LogP contribution in [0.5, 0.6) is 11.5 Å². The Morgan fingerprint density at radius 2 is 2.31 bits per heavy atom. The van der Waals surface area contributed by atoms with Crippen LogP contribution < -0.4 is 15.2 Å². The number of carbonyl (C=O) groups is 1. The first-order valence-corrected chi connectivity index (χ1v) is 10.7. The Kier molecular flexibility index (Phi) is 6.20. The number of hydrogen-bond donors (Lipinski definition) is 2. The molecular formula is C23H29ClN4O4. The number of H-pyrrole nitrogens is 1. The number of nitrogens with one attached hydrogen (secondary N) is 1. The predicted octanol–water partition coefficient (Wildman–Crippen LogP) is 2.12. The van der Waals surface area contributed by atoms with E-state index in [4.69, 9.17) is 19.9 Å². The number of halogens is 1. The summed E-state index contributed by atoms with van der Waals surface area (Å²) in [5.74, 6) is 1.16. The zero-order valence-corrected chi connectivity index (χ0v) is 19.1. The summed E-state index contributed by atoms with van der Waals surface area (Å²) in [6, 6.07) is 3.37. The molecule has 3 heterocycles. The van der Waals surface area contributed by atoms with Gasteiger partial charge in [0.25, 0.3) is 0 Å². The van der Waals surface area contributed by atoms with Gasteiger partial charge in [-0.1, -0.05) is 12.1 Å². The van der Waals surface area contributed by atoms with E-state index in [1.807, 2.05) is 12.1 Å². The molecule has 1 aromatic carbocycles. The van der Waals surface area contributed by atoms with Crippen molar-refractivity contribution in [2.75, 3.05) is 20.7 Å². The van der Waals surface area contributed by atoms with Gasteiger partial charge in [0.2, 0.25) is 0 Å². The summed E-state index contributed by atoms with van der Waals surface area (Å²) in [5, 5.41) is 0. The van der Waals surface area contributed by atoms with Gasteiger partial charge in [-0.15, -0.1) is 12.4 Å². The zero-order chi connectivity index (χ0) is 21.6. The average molecular weight is 461 g/mol. The molecule has 0 saturated heterocycles. The third-order valence-electron chi connectivity index (χ3n) is 6.69. The molecule has 3 aliphatic rings. The fourth-order valence-electron chi connectivity index (χ4n) is 5.11. The van der Waals surface area contributed by atoms with Crippen molar-refractivity contribution in [2.24, 2.45) is 5.73 Å². The molecule has 0 radical (unpaired) electrons. The van der Waals surface area contributed by atoms with E-state index < -0.39 is 12.0 Å². The number of carbonyl (C=O) groups excluding carboxylic acids is 1. The number of nitrogens with zero attached hydrogens (tertiary/aromatic N) is 2. The predicted molar refractivity (Wildman–Crippen MR) is 121 cm³/mol. The second kappa shape index (κ2) is 8.77. The number of nitrogens with two attached hydrogens (primary N) is 1. The fraction of sp³-hybridized carbons (Fsp3) is 0.478. The van der Waals surface area contributed by atoms with Gasteiger partial charge < -0.3 is 29.8 Å². The number of benzene rings is 1. The molecule has 2 aliphatic heterocycles. The number of rotatable bonds is 5. The van der Waals surface area contributed by atoms with Gasteiger partial charge in [-0.05, 0) is 37.7 Å². The molecule has 2 aromatic rings. The highest BCUT2D eigenvalue weighted by molar-refractivity contribution is 5.85. The molecule has 0 bridgehead atoms. The van der Waals surface area contributed by atoms with Crippen LogP contribution >= 0.6 is 12.4 Å². The van der Waals surface area contributed by atoms with Crippen molar-refractivity contribution >= 4 is 18.4 Å². The number of aromatic nitrogens is 2. The molecule has 0 fully saturated rings. The lowest BCUT2D eigenvalue weighted by Crippen LogP contribution is -2.45. The summed E-state index contributed by atoms with van der Waals surface area (Å²) in [6.07, 6.45) is 8.82. The van der Waals surface area contributed by atoms with Gasteiger partial charge in [-0.25, -0.2) is 4.98 Å². The van der Waals surface area contributed by atoms with Gasteiger partial charge in [0, 0.05) is 36.8 Å². The molecule has 0 saturated carbocycles. The molecule has 1 aromatic heterocycles. The minimum atomic E-state index is -0.746. The van der Waals surface area contributed by atoms with Crippen molar-refractivity contribution in [1.29, 1.82) is 0 Å². The molecular weight excluding hydrogens is 432 g/mol. The minimum Gasteiger partial charge on any atom is -0.493 e. The van der Waals surface area contributed by atoms with Crippen molar-refractivity contribution in [3.05, 3.63) is 53.6 Å². The highest BCUT2D eigenvalue weighted by Gasteiger charge is 2.53. The zero-order valence-electron chi connectivity index (χ0n) is 18.2. The maximum absolute atomic E-state index is 12.6. The van der Waals surface area contributed by atoms with Crippen LogP contribution in [0.15, 0.2) is 36.8 Å². The molecule has 1 aliphatic carbocycles. The van der Waals surface area contributed by atoms with Crippen molar-refractivity contribution in [3.8, 4) is 11.5 Å². The normalized spacial score (nSPS) is 26.7. The van der Waals surface area contributed by atoms with Crippen LogP contribution in [-0.2, 0) is 27.9 Å². The third kappa shape index (κ3) is 3.76. The second-order valence-corrected chi connectivity index (χ2v) is 8.72. The van der Waals surface area contributed by atoms with E-state index >= 15 is 0 Å². The van der Waals surface area contributed by atoms with E-state index in [1.54, 1.807) is 19.6 Å². The second-order valence-electron chi connectivity index (χ2n) is 8.72. The van der Waals surface area contributed by atoms with Crippen LogP contribution in [0, 0.1) is 0 Å². The largest absolute Gasteiger partial charge is 0.493 e. The van der Waals surface area contributed by atoms with Gasteiger partial charge in [0.05, 0.1) is 18.9 Å². The highest BCUT2D eigenvalue weighted by atomic mass is 35.5. The summed E-state index contributed by atoms with van der Waals surface area (Å²) < 4.78 is 17.8. The molecule has 0 unspecified atom stereocenters. The van der Waals surface area contributed by atoms with E-state index in [0.717, 1.165) is 36.7 Å². The topological polar surface area (TPSA) is 103 Å². The van der Waals surface area contributed by atoms with Crippen molar-refractivity contribution in [1.82, 2.24) is 14.9 Å². The highest BCUT2D eigenvalue weighted by Crippen LogP contribution is 2.55. The Labute approximate surface area is 193 Å². The number of imidazole rings is 1. The fourth-order valence-corrected chi connectivity index (χ4v) is 5.11. The summed E-state index contributed by atoms with van der Waals surface area (Å²) >= 11 is 0. The molecule has 5 rings (SSSR count). The minimum absolute atomic E-state index is 0. The van der Waals surface area contributed by atoms with E-state index in [1.165, 1.54) is 11.1 Å². The lowest BCUT2D eigenvalue weighted by molar-refractivity contribution is -0.150. The Bertz CT molecular complexity index is 1010. The van der Waals surface area contributed by atoms with Crippen LogP contribution in [-0.4, -0.2) is 59.8 Å². The maximum Gasteiger partial charge on any atom is 0.323 e.